The first-order valence-corrected chi connectivity index (χ1v) is 13.9. The normalized spacial score (nSPS) is 20.7. The molecule has 0 bridgehead atoms. The second kappa shape index (κ2) is 12.4. The number of amides is 1. The van der Waals surface area contributed by atoms with Gasteiger partial charge < -0.3 is 10.2 Å². The van der Waals surface area contributed by atoms with E-state index in [1.165, 1.54) is 18.6 Å². The van der Waals surface area contributed by atoms with Crippen molar-refractivity contribution in [2.24, 2.45) is 11.8 Å². The molecule has 1 aromatic heterocycles. The van der Waals surface area contributed by atoms with Crippen LogP contribution in [0.15, 0.2) is 72.9 Å². The standard InChI is InChI=1S/C32H36FN3O2/c33-28-11-8-25(9-12-28)31(37)26-17-20-36(21-18-26)19-16-23-6-13-29(14-7-23)35-32(38)30-15-10-27(22-34-30)24-4-2-1-3-5-24/h1-5,8-12,15,22-23,26,29H,6-7,13-14,16-21H2,(H,35,38). The summed E-state index contributed by atoms with van der Waals surface area (Å²) in [6.07, 6.45) is 8.95. The van der Waals surface area contributed by atoms with E-state index in [9.17, 15) is 14.0 Å². The number of carbonyl (C=O) groups is 2. The topological polar surface area (TPSA) is 62.3 Å². The van der Waals surface area contributed by atoms with Crippen LogP contribution in [-0.2, 0) is 0 Å². The van der Waals surface area contributed by atoms with Crippen molar-refractivity contribution < 1.29 is 14.0 Å². The number of aromatic nitrogens is 1. The molecular weight excluding hydrogens is 477 g/mol. The van der Waals surface area contributed by atoms with Crippen LogP contribution in [0.2, 0.25) is 0 Å². The van der Waals surface area contributed by atoms with Crippen molar-refractivity contribution in [2.45, 2.75) is 51.0 Å². The van der Waals surface area contributed by atoms with E-state index in [4.69, 9.17) is 0 Å². The summed E-state index contributed by atoms with van der Waals surface area (Å²) in [7, 11) is 0. The molecule has 2 fully saturated rings. The van der Waals surface area contributed by atoms with Gasteiger partial charge in [-0.25, -0.2) is 4.39 Å². The van der Waals surface area contributed by atoms with E-state index < -0.39 is 0 Å². The minimum Gasteiger partial charge on any atom is -0.348 e. The second-order valence-electron chi connectivity index (χ2n) is 10.8. The van der Waals surface area contributed by atoms with E-state index in [1.54, 1.807) is 24.4 Å². The summed E-state index contributed by atoms with van der Waals surface area (Å²) in [6, 6.07) is 19.9. The minimum atomic E-state index is -0.307. The van der Waals surface area contributed by atoms with Gasteiger partial charge in [0.15, 0.2) is 5.78 Å². The maximum atomic E-state index is 13.2. The first-order valence-electron chi connectivity index (χ1n) is 13.9. The van der Waals surface area contributed by atoms with Gasteiger partial charge in [0.25, 0.3) is 5.91 Å². The molecule has 6 heteroatoms. The smallest absolute Gasteiger partial charge is 0.270 e. The summed E-state index contributed by atoms with van der Waals surface area (Å²) < 4.78 is 13.2. The maximum absolute atomic E-state index is 13.2. The molecule has 38 heavy (non-hydrogen) atoms. The van der Waals surface area contributed by atoms with Crippen molar-refractivity contribution in [2.75, 3.05) is 19.6 Å². The molecule has 1 amide bonds. The molecular formula is C32H36FN3O2. The van der Waals surface area contributed by atoms with Crippen molar-refractivity contribution in [3.8, 4) is 11.1 Å². The molecule has 2 aliphatic rings. The highest BCUT2D eigenvalue weighted by Crippen LogP contribution is 2.29. The highest BCUT2D eigenvalue weighted by Gasteiger charge is 2.27. The number of pyridine rings is 1. The molecule has 198 valence electrons. The predicted molar refractivity (Wildman–Crippen MR) is 147 cm³/mol. The molecule has 5 nitrogen and oxygen atoms in total. The quantitative estimate of drug-likeness (QED) is 0.367. The van der Waals surface area contributed by atoms with Gasteiger partial charge in [-0.3, -0.25) is 14.6 Å². The molecule has 2 aromatic carbocycles. The maximum Gasteiger partial charge on any atom is 0.270 e. The summed E-state index contributed by atoms with van der Waals surface area (Å²) in [5.74, 6) is 0.474. The van der Waals surface area contributed by atoms with E-state index in [0.29, 0.717) is 17.2 Å². The van der Waals surface area contributed by atoms with E-state index >= 15 is 0 Å². The minimum absolute atomic E-state index is 0.0415. The number of piperidine rings is 1. The molecule has 3 aromatic rings. The van der Waals surface area contributed by atoms with Crippen LogP contribution in [0, 0.1) is 17.7 Å². The van der Waals surface area contributed by atoms with Crippen molar-refractivity contribution in [1.82, 2.24) is 15.2 Å². The third-order valence-electron chi connectivity index (χ3n) is 8.23. The van der Waals surface area contributed by atoms with Crippen LogP contribution in [0.4, 0.5) is 4.39 Å². The SMILES string of the molecule is O=C(NC1CCC(CCN2CCC(C(=O)c3ccc(F)cc3)CC2)CC1)c1ccc(-c2ccccc2)cn1. The van der Waals surface area contributed by atoms with Crippen LogP contribution in [0.5, 0.6) is 0 Å². The molecule has 0 atom stereocenters. The Morgan fingerprint density at radius 1 is 0.842 bits per heavy atom. The number of carbonyl (C=O) groups excluding carboxylic acids is 2. The lowest BCUT2D eigenvalue weighted by molar-refractivity contribution is 0.0832. The third-order valence-corrected chi connectivity index (χ3v) is 8.23. The Balaban J connectivity index is 1.00. The van der Waals surface area contributed by atoms with E-state index in [-0.39, 0.29) is 29.5 Å². The number of hydrogen-bond donors (Lipinski definition) is 1. The van der Waals surface area contributed by atoms with Gasteiger partial charge in [0.2, 0.25) is 0 Å². The van der Waals surface area contributed by atoms with Crippen LogP contribution in [-0.4, -0.2) is 47.3 Å². The Hall–Kier alpha value is -3.38. The zero-order valence-corrected chi connectivity index (χ0v) is 21.8. The summed E-state index contributed by atoms with van der Waals surface area (Å²) in [5.41, 5.74) is 3.18. The van der Waals surface area contributed by atoms with Gasteiger partial charge in [-0.05, 0) is 106 Å². The lowest BCUT2D eigenvalue weighted by atomic mass is 9.83. The van der Waals surface area contributed by atoms with Gasteiger partial charge in [-0.1, -0.05) is 36.4 Å². The number of likely N-dealkylation sites (tertiary alicyclic amines) is 1. The molecule has 2 heterocycles. The fraction of sp³-hybridized carbons (Fsp3) is 0.406. The van der Waals surface area contributed by atoms with Gasteiger partial charge in [-0.15, -0.1) is 0 Å². The molecule has 0 unspecified atom stereocenters. The summed E-state index contributed by atoms with van der Waals surface area (Å²) >= 11 is 0. The number of benzene rings is 2. The molecule has 1 saturated carbocycles. The van der Waals surface area contributed by atoms with Crippen LogP contribution in [0.25, 0.3) is 11.1 Å². The van der Waals surface area contributed by atoms with E-state index in [1.807, 2.05) is 36.4 Å². The van der Waals surface area contributed by atoms with Gasteiger partial charge in [-0.2, -0.15) is 0 Å². The Bertz CT molecular complexity index is 1200. The van der Waals surface area contributed by atoms with Gasteiger partial charge in [0.1, 0.15) is 11.5 Å². The summed E-state index contributed by atoms with van der Waals surface area (Å²) in [4.78, 5) is 32.3. The van der Waals surface area contributed by atoms with E-state index in [0.717, 1.165) is 69.3 Å². The fourth-order valence-electron chi connectivity index (χ4n) is 5.82. The fourth-order valence-corrected chi connectivity index (χ4v) is 5.82. The lowest BCUT2D eigenvalue weighted by Gasteiger charge is -2.34. The molecule has 1 aliphatic carbocycles. The van der Waals surface area contributed by atoms with Crippen molar-refractivity contribution in [1.29, 1.82) is 0 Å². The van der Waals surface area contributed by atoms with Crippen LogP contribution in [0.3, 0.4) is 0 Å². The first kappa shape index (κ1) is 26.2. The zero-order chi connectivity index (χ0) is 26.3. The number of rotatable bonds is 8. The Morgan fingerprint density at radius 2 is 1.55 bits per heavy atom. The molecule has 1 saturated heterocycles. The number of nitrogens with zero attached hydrogens (tertiary/aromatic N) is 2. The van der Waals surface area contributed by atoms with Crippen molar-refractivity contribution in [3.63, 3.8) is 0 Å². The average molecular weight is 514 g/mol. The van der Waals surface area contributed by atoms with Crippen LogP contribution in [0.1, 0.15) is 65.8 Å². The van der Waals surface area contributed by atoms with Crippen molar-refractivity contribution >= 4 is 11.7 Å². The molecule has 1 aliphatic heterocycles. The number of nitrogens with one attached hydrogen (secondary N) is 1. The van der Waals surface area contributed by atoms with Gasteiger partial charge in [0, 0.05) is 29.3 Å². The summed E-state index contributed by atoms with van der Waals surface area (Å²) in [6.45, 7) is 2.95. The summed E-state index contributed by atoms with van der Waals surface area (Å²) in [5, 5.41) is 3.19. The molecule has 0 spiro atoms. The average Bonchev–Trinajstić information content (AvgIpc) is 2.97. The highest BCUT2D eigenvalue weighted by molar-refractivity contribution is 5.97. The number of Topliss-reactive ketones (excluding diaryl/α,β-unsaturated/α-hetero) is 1. The van der Waals surface area contributed by atoms with E-state index in [2.05, 4.69) is 15.2 Å². The number of halogens is 1. The predicted octanol–water partition coefficient (Wildman–Crippen LogP) is 6.16. The van der Waals surface area contributed by atoms with Crippen LogP contribution < -0.4 is 5.32 Å². The largest absolute Gasteiger partial charge is 0.348 e. The molecule has 5 rings (SSSR count). The lowest BCUT2D eigenvalue weighted by Crippen LogP contribution is -2.39. The van der Waals surface area contributed by atoms with Crippen LogP contribution >= 0.6 is 0 Å². The number of ketones is 1. The monoisotopic (exact) mass is 513 g/mol. The molecule has 0 radical (unpaired) electrons. The first-order chi connectivity index (χ1) is 18.5. The Labute approximate surface area is 224 Å². The third kappa shape index (κ3) is 6.73. The van der Waals surface area contributed by atoms with Crippen molar-refractivity contribution in [3.05, 3.63) is 90.0 Å². The van der Waals surface area contributed by atoms with Gasteiger partial charge in [0.05, 0.1) is 0 Å². The Morgan fingerprint density at radius 3 is 2.21 bits per heavy atom. The van der Waals surface area contributed by atoms with Gasteiger partial charge >= 0.3 is 0 Å². The number of hydrogen-bond acceptors (Lipinski definition) is 4. The second-order valence-corrected chi connectivity index (χ2v) is 10.8. The molecule has 1 N–H and O–H groups in total. The Kier molecular flexibility index (Phi) is 8.59. The zero-order valence-electron chi connectivity index (χ0n) is 21.8. The highest BCUT2D eigenvalue weighted by atomic mass is 19.1.